The normalized spacial score (nSPS) is 17.1. The van der Waals surface area contributed by atoms with Gasteiger partial charge in [-0.25, -0.2) is 9.97 Å². The van der Waals surface area contributed by atoms with Crippen LogP contribution in [0.2, 0.25) is 5.02 Å². The van der Waals surface area contributed by atoms with Crippen LogP contribution in [0.3, 0.4) is 0 Å². The Morgan fingerprint density at radius 2 is 2.13 bits per heavy atom. The number of nitrogens with zero attached hydrogens (tertiary/aromatic N) is 4. The number of benzene rings is 2. The standard InChI is InChI=1S/C24H27ClN6/c1-15-5-3-7-19(25)22(15)18-11-16(28-9-8-17-6-4-10-30(17)2)12-20-23(18)29-24(26)21-13-27-14-31(20)21/h3,5,7,11-14,17,28H,4,6,8-10H2,1-2H3,(H2,26,29). The van der Waals surface area contributed by atoms with Gasteiger partial charge in [0.25, 0.3) is 0 Å². The molecule has 1 atom stereocenters. The molecule has 5 rings (SSSR count). The maximum absolute atomic E-state index is 6.66. The lowest BCUT2D eigenvalue weighted by molar-refractivity contribution is 0.301. The van der Waals surface area contributed by atoms with Gasteiger partial charge in [-0.1, -0.05) is 23.7 Å². The Labute approximate surface area is 187 Å². The molecule has 4 aromatic rings. The fourth-order valence-electron chi connectivity index (χ4n) is 4.77. The number of imidazole rings is 1. The van der Waals surface area contributed by atoms with Crippen LogP contribution < -0.4 is 11.1 Å². The van der Waals surface area contributed by atoms with Gasteiger partial charge in [0.2, 0.25) is 0 Å². The summed E-state index contributed by atoms with van der Waals surface area (Å²) in [7, 11) is 2.22. The van der Waals surface area contributed by atoms with E-state index in [0.717, 1.165) is 51.9 Å². The van der Waals surface area contributed by atoms with Crippen LogP contribution >= 0.6 is 11.6 Å². The van der Waals surface area contributed by atoms with Crippen molar-refractivity contribution in [3.05, 3.63) is 53.4 Å². The van der Waals surface area contributed by atoms with Gasteiger partial charge in [-0.05, 0) is 63.5 Å². The van der Waals surface area contributed by atoms with E-state index in [2.05, 4.69) is 47.4 Å². The van der Waals surface area contributed by atoms with Gasteiger partial charge in [0.1, 0.15) is 11.3 Å². The fourth-order valence-corrected chi connectivity index (χ4v) is 5.09. The summed E-state index contributed by atoms with van der Waals surface area (Å²) in [6.45, 7) is 4.18. The molecule has 160 valence electrons. The molecule has 6 nitrogen and oxygen atoms in total. The number of hydrogen-bond donors (Lipinski definition) is 2. The third-order valence-corrected chi connectivity index (χ3v) is 6.77. The average Bonchev–Trinajstić information content (AvgIpc) is 3.39. The summed E-state index contributed by atoms with van der Waals surface area (Å²) in [6.07, 6.45) is 7.22. The molecule has 2 aromatic heterocycles. The van der Waals surface area contributed by atoms with E-state index >= 15 is 0 Å². The van der Waals surface area contributed by atoms with E-state index in [1.165, 1.54) is 19.4 Å². The SMILES string of the molecule is Cc1cccc(Cl)c1-c1cc(NCCC2CCCN2C)cc2c1nc(N)c1cncn12. The first-order chi connectivity index (χ1) is 15.0. The first kappa shape index (κ1) is 20.1. The Balaban J connectivity index is 1.62. The minimum Gasteiger partial charge on any atom is -0.385 e. The van der Waals surface area contributed by atoms with Crippen LogP contribution in [0.15, 0.2) is 42.9 Å². The number of nitrogens with two attached hydrogens (primary N) is 1. The number of fused-ring (bicyclic) bond motifs is 3. The summed E-state index contributed by atoms with van der Waals surface area (Å²) in [5, 5.41) is 4.35. The number of nitrogen functional groups attached to an aromatic ring is 1. The number of aromatic nitrogens is 3. The number of rotatable bonds is 5. The molecule has 1 fully saturated rings. The van der Waals surface area contributed by atoms with Crippen molar-refractivity contribution in [1.82, 2.24) is 19.3 Å². The van der Waals surface area contributed by atoms with Crippen LogP contribution in [0, 0.1) is 6.92 Å². The Bertz CT molecular complexity index is 1240. The summed E-state index contributed by atoms with van der Waals surface area (Å²) in [6, 6.07) is 10.9. The molecule has 1 saturated heterocycles. The molecule has 31 heavy (non-hydrogen) atoms. The highest BCUT2D eigenvalue weighted by molar-refractivity contribution is 6.34. The van der Waals surface area contributed by atoms with Crippen LogP contribution in [0.4, 0.5) is 11.5 Å². The Hall–Kier alpha value is -2.83. The quantitative estimate of drug-likeness (QED) is 0.463. The molecule has 3 heterocycles. The van der Waals surface area contributed by atoms with E-state index in [0.29, 0.717) is 16.9 Å². The van der Waals surface area contributed by atoms with Crippen molar-refractivity contribution in [1.29, 1.82) is 0 Å². The van der Waals surface area contributed by atoms with Crippen LogP contribution in [0.1, 0.15) is 24.8 Å². The van der Waals surface area contributed by atoms with Crippen molar-refractivity contribution in [2.24, 2.45) is 0 Å². The average molecular weight is 435 g/mol. The zero-order chi connectivity index (χ0) is 21.5. The zero-order valence-corrected chi connectivity index (χ0v) is 18.7. The second-order valence-electron chi connectivity index (χ2n) is 8.46. The lowest BCUT2D eigenvalue weighted by Crippen LogP contribution is -2.26. The highest BCUT2D eigenvalue weighted by Gasteiger charge is 2.20. The van der Waals surface area contributed by atoms with Crippen molar-refractivity contribution in [2.75, 3.05) is 31.2 Å². The molecule has 2 aromatic carbocycles. The van der Waals surface area contributed by atoms with Crippen molar-refractivity contribution in [2.45, 2.75) is 32.2 Å². The summed E-state index contributed by atoms with van der Waals surface area (Å²) < 4.78 is 2.00. The Kier molecular flexibility index (Phi) is 5.20. The van der Waals surface area contributed by atoms with Gasteiger partial charge in [0, 0.05) is 34.4 Å². The minimum absolute atomic E-state index is 0.459. The number of nitrogens with one attached hydrogen (secondary N) is 1. The van der Waals surface area contributed by atoms with E-state index in [4.69, 9.17) is 22.3 Å². The smallest absolute Gasteiger partial charge is 0.150 e. The van der Waals surface area contributed by atoms with Gasteiger partial charge in [0.05, 0.1) is 23.6 Å². The van der Waals surface area contributed by atoms with Crippen LogP contribution in [0.5, 0.6) is 0 Å². The predicted molar refractivity (Wildman–Crippen MR) is 129 cm³/mol. The van der Waals surface area contributed by atoms with Gasteiger partial charge in [-0.15, -0.1) is 0 Å². The molecule has 3 N–H and O–H groups in total. The topological polar surface area (TPSA) is 71.5 Å². The van der Waals surface area contributed by atoms with Gasteiger partial charge < -0.3 is 16.0 Å². The molecule has 0 amide bonds. The highest BCUT2D eigenvalue weighted by Crippen LogP contribution is 2.38. The number of aryl methyl sites for hydroxylation is 1. The molecule has 0 aliphatic carbocycles. The minimum atomic E-state index is 0.459. The molecular weight excluding hydrogens is 408 g/mol. The van der Waals surface area contributed by atoms with E-state index in [1.54, 1.807) is 12.5 Å². The first-order valence-electron chi connectivity index (χ1n) is 10.8. The second kappa shape index (κ2) is 8.02. The summed E-state index contributed by atoms with van der Waals surface area (Å²) >= 11 is 6.66. The van der Waals surface area contributed by atoms with Gasteiger partial charge >= 0.3 is 0 Å². The summed E-state index contributed by atoms with van der Waals surface area (Å²) in [5.74, 6) is 0.459. The van der Waals surface area contributed by atoms with Crippen LogP contribution in [-0.4, -0.2) is 45.4 Å². The van der Waals surface area contributed by atoms with Crippen molar-refractivity contribution < 1.29 is 0 Å². The highest BCUT2D eigenvalue weighted by atomic mass is 35.5. The first-order valence-corrected chi connectivity index (χ1v) is 11.2. The molecule has 1 unspecified atom stereocenters. The van der Waals surface area contributed by atoms with E-state index in [1.807, 2.05) is 16.5 Å². The van der Waals surface area contributed by atoms with Crippen molar-refractivity contribution in [3.8, 4) is 11.1 Å². The molecule has 7 heteroatoms. The molecule has 0 saturated carbocycles. The lowest BCUT2D eigenvalue weighted by atomic mass is 9.98. The number of halogens is 1. The van der Waals surface area contributed by atoms with E-state index in [-0.39, 0.29) is 0 Å². The van der Waals surface area contributed by atoms with Gasteiger partial charge in [-0.2, -0.15) is 0 Å². The van der Waals surface area contributed by atoms with E-state index in [9.17, 15) is 0 Å². The molecule has 0 radical (unpaired) electrons. The third kappa shape index (κ3) is 3.60. The van der Waals surface area contributed by atoms with Gasteiger partial charge in [0.15, 0.2) is 0 Å². The lowest BCUT2D eigenvalue weighted by Gasteiger charge is -2.20. The van der Waals surface area contributed by atoms with Crippen LogP contribution in [-0.2, 0) is 0 Å². The molecular formula is C24H27ClN6. The van der Waals surface area contributed by atoms with Crippen molar-refractivity contribution >= 4 is 39.7 Å². The summed E-state index contributed by atoms with van der Waals surface area (Å²) in [5.41, 5.74) is 13.0. The fraction of sp³-hybridized carbons (Fsp3) is 0.333. The monoisotopic (exact) mass is 434 g/mol. The van der Waals surface area contributed by atoms with Gasteiger partial charge in [-0.3, -0.25) is 4.40 Å². The summed E-state index contributed by atoms with van der Waals surface area (Å²) in [4.78, 5) is 11.5. The largest absolute Gasteiger partial charge is 0.385 e. The molecule has 0 bridgehead atoms. The molecule has 1 aliphatic heterocycles. The van der Waals surface area contributed by atoms with Crippen LogP contribution in [0.25, 0.3) is 27.7 Å². The molecule has 0 spiro atoms. The third-order valence-electron chi connectivity index (χ3n) is 6.45. The predicted octanol–water partition coefficient (Wildman–Crippen LogP) is 4.99. The maximum Gasteiger partial charge on any atom is 0.150 e. The Morgan fingerprint density at radius 3 is 2.90 bits per heavy atom. The molecule has 1 aliphatic rings. The second-order valence-corrected chi connectivity index (χ2v) is 8.87. The van der Waals surface area contributed by atoms with Crippen molar-refractivity contribution in [3.63, 3.8) is 0 Å². The Morgan fingerprint density at radius 1 is 1.26 bits per heavy atom. The number of hydrogen-bond acceptors (Lipinski definition) is 5. The zero-order valence-electron chi connectivity index (χ0n) is 17.9. The maximum atomic E-state index is 6.66. The van der Waals surface area contributed by atoms with E-state index < -0.39 is 0 Å². The number of likely N-dealkylation sites (tertiary alicyclic amines) is 1. The number of anilines is 2.